The fraction of sp³-hybridized carbons (Fsp3) is 0.154. The Bertz CT molecular complexity index is 1390. The maximum Gasteiger partial charge on any atom is 0.339 e. The van der Waals surface area contributed by atoms with Crippen molar-refractivity contribution in [1.29, 1.82) is 0 Å². The predicted octanol–water partition coefficient (Wildman–Crippen LogP) is 5.51. The van der Waals surface area contributed by atoms with Gasteiger partial charge in [-0.05, 0) is 42.8 Å². The Labute approximate surface area is 206 Å². The first kappa shape index (κ1) is 24.0. The highest BCUT2D eigenvalue weighted by atomic mass is 35.5. The van der Waals surface area contributed by atoms with Gasteiger partial charge >= 0.3 is 5.97 Å². The molecule has 2 N–H and O–H groups in total. The Morgan fingerprint density at radius 2 is 1.57 bits per heavy atom. The highest BCUT2D eigenvalue weighted by Crippen LogP contribution is 2.34. The number of hydrogen-bond donors (Lipinski definition) is 2. The number of methoxy groups -OCH3 is 1. The van der Waals surface area contributed by atoms with Gasteiger partial charge in [0.25, 0.3) is 0 Å². The quantitative estimate of drug-likeness (QED) is 0.325. The molecule has 1 aromatic heterocycles. The molecule has 0 spiro atoms. The van der Waals surface area contributed by atoms with E-state index in [1.54, 1.807) is 48.5 Å². The first-order chi connectivity index (χ1) is 16.9. The number of aromatic hydroxyl groups is 2. The molecular weight excluding hydrogens is 470 g/mol. The van der Waals surface area contributed by atoms with E-state index in [9.17, 15) is 15.0 Å². The number of nitrogens with zero attached hydrogens (tertiary/aromatic N) is 3. The maximum absolute atomic E-state index is 12.3. The van der Waals surface area contributed by atoms with Gasteiger partial charge in [-0.3, -0.25) is 0 Å². The lowest BCUT2D eigenvalue weighted by Crippen LogP contribution is -2.07. The summed E-state index contributed by atoms with van der Waals surface area (Å²) in [5.41, 5.74) is 1.47. The molecular formula is C26H22ClN3O5. The van der Waals surface area contributed by atoms with Crippen molar-refractivity contribution in [2.45, 2.75) is 13.3 Å². The van der Waals surface area contributed by atoms with E-state index in [4.69, 9.17) is 21.1 Å². The summed E-state index contributed by atoms with van der Waals surface area (Å²) in [6.45, 7) is 2.20. The molecule has 3 aromatic carbocycles. The topological polar surface area (TPSA) is 115 Å². The van der Waals surface area contributed by atoms with E-state index in [2.05, 4.69) is 15.0 Å². The van der Waals surface area contributed by atoms with Crippen LogP contribution in [0.3, 0.4) is 0 Å². The number of carbonyl (C=O) groups is 1. The van der Waals surface area contributed by atoms with Crippen molar-refractivity contribution in [1.82, 2.24) is 15.0 Å². The number of benzene rings is 3. The van der Waals surface area contributed by atoms with E-state index in [1.807, 2.05) is 6.92 Å². The first-order valence-electron chi connectivity index (χ1n) is 10.8. The number of carbonyl (C=O) groups excluding carboxylic acids is 1. The molecule has 0 amide bonds. The SMILES string of the molecule is CCCOC(=O)c1ccc(-c2nc(-c3ccccc3O)nc(-c3ccc(OC)cc3O)n2)cc1Cl. The van der Waals surface area contributed by atoms with Crippen LogP contribution < -0.4 is 4.74 Å². The van der Waals surface area contributed by atoms with E-state index in [1.165, 1.54) is 19.2 Å². The Morgan fingerprint density at radius 3 is 2.20 bits per heavy atom. The van der Waals surface area contributed by atoms with Gasteiger partial charge in [-0.1, -0.05) is 36.7 Å². The number of ether oxygens (including phenoxy) is 2. The lowest BCUT2D eigenvalue weighted by Gasteiger charge is -2.11. The van der Waals surface area contributed by atoms with Crippen LogP contribution in [0.4, 0.5) is 0 Å². The van der Waals surface area contributed by atoms with Crippen LogP contribution in [0.5, 0.6) is 17.2 Å². The van der Waals surface area contributed by atoms with Crippen molar-refractivity contribution >= 4 is 17.6 Å². The third-order valence-corrected chi connectivity index (χ3v) is 5.42. The molecule has 0 aliphatic rings. The molecule has 178 valence electrons. The molecule has 0 fully saturated rings. The van der Waals surface area contributed by atoms with Crippen molar-refractivity contribution in [2.75, 3.05) is 13.7 Å². The van der Waals surface area contributed by atoms with Gasteiger partial charge < -0.3 is 19.7 Å². The number of para-hydroxylation sites is 1. The summed E-state index contributed by atoms with van der Waals surface area (Å²) >= 11 is 6.38. The average Bonchev–Trinajstić information content (AvgIpc) is 2.87. The molecule has 0 aliphatic carbocycles. The largest absolute Gasteiger partial charge is 0.507 e. The highest BCUT2D eigenvalue weighted by molar-refractivity contribution is 6.33. The third kappa shape index (κ3) is 5.17. The summed E-state index contributed by atoms with van der Waals surface area (Å²) in [6, 6.07) is 16.1. The van der Waals surface area contributed by atoms with Crippen molar-refractivity contribution < 1.29 is 24.5 Å². The molecule has 9 heteroatoms. The van der Waals surface area contributed by atoms with E-state index < -0.39 is 5.97 Å². The van der Waals surface area contributed by atoms with Gasteiger partial charge in [0.2, 0.25) is 0 Å². The van der Waals surface area contributed by atoms with Crippen LogP contribution in [0.15, 0.2) is 60.7 Å². The second kappa shape index (κ2) is 10.4. The summed E-state index contributed by atoms with van der Waals surface area (Å²) in [4.78, 5) is 25.8. The number of phenols is 2. The van der Waals surface area contributed by atoms with Gasteiger partial charge in [0.1, 0.15) is 17.2 Å². The van der Waals surface area contributed by atoms with E-state index in [-0.39, 0.29) is 39.6 Å². The number of phenolic OH excluding ortho intramolecular Hbond substituents is 2. The molecule has 0 radical (unpaired) electrons. The molecule has 35 heavy (non-hydrogen) atoms. The monoisotopic (exact) mass is 491 g/mol. The molecule has 4 aromatic rings. The number of esters is 1. The fourth-order valence-corrected chi connectivity index (χ4v) is 3.59. The van der Waals surface area contributed by atoms with Crippen LogP contribution in [0.25, 0.3) is 34.2 Å². The predicted molar refractivity (Wildman–Crippen MR) is 132 cm³/mol. The van der Waals surface area contributed by atoms with Crippen LogP contribution in [-0.2, 0) is 4.74 Å². The van der Waals surface area contributed by atoms with Gasteiger partial charge in [-0.15, -0.1) is 0 Å². The van der Waals surface area contributed by atoms with Gasteiger partial charge in [-0.25, -0.2) is 19.7 Å². The third-order valence-electron chi connectivity index (χ3n) is 5.11. The van der Waals surface area contributed by atoms with E-state index in [0.29, 0.717) is 35.5 Å². The molecule has 0 atom stereocenters. The zero-order valence-electron chi connectivity index (χ0n) is 19.0. The Balaban J connectivity index is 1.85. The molecule has 1 heterocycles. The minimum absolute atomic E-state index is 0.0124. The van der Waals surface area contributed by atoms with Gasteiger partial charge in [0.15, 0.2) is 17.5 Å². The lowest BCUT2D eigenvalue weighted by atomic mass is 10.1. The molecule has 4 rings (SSSR count). The highest BCUT2D eigenvalue weighted by Gasteiger charge is 2.18. The smallest absolute Gasteiger partial charge is 0.339 e. The Morgan fingerprint density at radius 1 is 0.886 bits per heavy atom. The zero-order chi connectivity index (χ0) is 24.9. The minimum Gasteiger partial charge on any atom is -0.507 e. The fourth-order valence-electron chi connectivity index (χ4n) is 3.33. The summed E-state index contributed by atoms with van der Waals surface area (Å²) in [6.07, 6.45) is 0.697. The van der Waals surface area contributed by atoms with Crippen molar-refractivity contribution in [3.05, 3.63) is 71.2 Å². The lowest BCUT2D eigenvalue weighted by molar-refractivity contribution is 0.0505. The molecule has 8 nitrogen and oxygen atoms in total. The Kier molecular flexibility index (Phi) is 7.12. The van der Waals surface area contributed by atoms with Gasteiger partial charge in [-0.2, -0.15) is 0 Å². The molecule has 0 saturated heterocycles. The van der Waals surface area contributed by atoms with Crippen LogP contribution in [0.1, 0.15) is 23.7 Å². The maximum atomic E-state index is 12.3. The zero-order valence-corrected chi connectivity index (χ0v) is 19.8. The summed E-state index contributed by atoms with van der Waals surface area (Å²) in [5, 5.41) is 21.1. The van der Waals surface area contributed by atoms with Crippen LogP contribution >= 0.6 is 11.6 Å². The minimum atomic E-state index is -0.516. The number of halogens is 1. The summed E-state index contributed by atoms with van der Waals surface area (Å²) < 4.78 is 10.3. The molecule has 0 aliphatic heterocycles. The summed E-state index contributed by atoms with van der Waals surface area (Å²) in [7, 11) is 1.50. The first-order valence-corrected chi connectivity index (χ1v) is 11.2. The standard InChI is InChI=1S/C26H22ClN3O5/c1-3-12-35-26(33)17-10-8-15(13-20(17)27)23-28-24(18-6-4-5-7-21(18)31)30-25(29-23)19-11-9-16(34-2)14-22(19)32/h4-11,13-14,31-32H,3,12H2,1-2H3. The second-order valence-electron chi connectivity index (χ2n) is 7.54. The van der Waals surface area contributed by atoms with Gasteiger partial charge in [0, 0.05) is 11.6 Å². The number of rotatable bonds is 7. The van der Waals surface area contributed by atoms with Crippen LogP contribution in [0, 0.1) is 0 Å². The van der Waals surface area contributed by atoms with E-state index >= 15 is 0 Å². The summed E-state index contributed by atoms with van der Waals surface area (Å²) in [5.74, 6) is 0.464. The second-order valence-corrected chi connectivity index (χ2v) is 7.94. The van der Waals surface area contributed by atoms with Crippen LogP contribution in [0.2, 0.25) is 5.02 Å². The van der Waals surface area contributed by atoms with Gasteiger partial charge in [0.05, 0.1) is 35.4 Å². The van der Waals surface area contributed by atoms with Crippen molar-refractivity contribution in [2.24, 2.45) is 0 Å². The van der Waals surface area contributed by atoms with Crippen molar-refractivity contribution in [3.63, 3.8) is 0 Å². The normalized spacial score (nSPS) is 10.7. The number of hydrogen-bond acceptors (Lipinski definition) is 8. The molecule has 0 saturated carbocycles. The Hall–Kier alpha value is -4.17. The van der Waals surface area contributed by atoms with Crippen molar-refractivity contribution in [3.8, 4) is 51.4 Å². The van der Waals surface area contributed by atoms with E-state index in [0.717, 1.165) is 0 Å². The molecule has 0 bridgehead atoms. The molecule has 0 unspecified atom stereocenters. The average molecular weight is 492 g/mol. The number of aromatic nitrogens is 3. The van der Waals surface area contributed by atoms with Crippen LogP contribution in [-0.4, -0.2) is 44.9 Å².